The van der Waals surface area contributed by atoms with Crippen LogP contribution in [0.15, 0.2) is 29.4 Å². The number of ether oxygens (including phenoxy) is 1. The first-order chi connectivity index (χ1) is 8.01. The smallest absolute Gasteiger partial charge is 0.325 e. The average molecular weight is 296 g/mol. The highest BCUT2D eigenvalue weighted by Gasteiger charge is 2.25. The van der Waals surface area contributed by atoms with Crippen molar-refractivity contribution in [2.24, 2.45) is 5.73 Å². The molecule has 0 radical (unpaired) electrons. The van der Waals surface area contributed by atoms with Crippen molar-refractivity contribution >= 4 is 28.4 Å². The molecule has 0 spiro atoms. The molecule has 0 unspecified atom stereocenters. The van der Waals surface area contributed by atoms with Crippen molar-refractivity contribution in [3.8, 4) is 0 Å². The standard InChI is InChI=1S/C9H13N3O4S.ClH/c1-16-9(13)8(5-10)12-17(14,15)7-3-2-4-11-6-7;/h2-4,6,8,12H,5,10H2,1H3;1H/t8-;/m0./s1. The first kappa shape index (κ1) is 16.8. The van der Waals surface area contributed by atoms with Crippen molar-refractivity contribution in [1.29, 1.82) is 0 Å². The van der Waals surface area contributed by atoms with Gasteiger partial charge in [-0.15, -0.1) is 12.4 Å². The van der Waals surface area contributed by atoms with Crippen molar-refractivity contribution in [3.63, 3.8) is 0 Å². The van der Waals surface area contributed by atoms with Crippen molar-refractivity contribution in [1.82, 2.24) is 9.71 Å². The Hall–Kier alpha value is -1.22. The molecule has 18 heavy (non-hydrogen) atoms. The number of rotatable bonds is 5. The van der Waals surface area contributed by atoms with Gasteiger partial charge in [0.2, 0.25) is 10.0 Å². The summed E-state index contributed by atoms with van der Waals surface area (Å²) in [4.78, 5) is 14.9. The summed E-state index contributed by atoms with van der Waals surface area (Å²) in [5, 5.41) is 0. The monoisotopic (exact) mass is 295 g/mol. The van der Waals surface area contributed by atoms with Gasteiger partial charge in [-0.1, -0.05) is 0 Å². The third kappa shape index (κ3) is 4.22. The quantitative estimate of drug-likeness (QED) is 0.694. The molecule has 0 bridgehead atoms. The van der Waals surface area contributed by atoms with Gasteiger partial charge in [-0.05, 0) is 12.1 Å². The molecule has 9 heteroatoms. The van der Waals surface area contributed by atoms with E-state index in [4.69, 9.17) is 5.73 Å². The minimum atomic E-state index is -3.82. The largest absolute Gasteiger partial charge is 0.468 e. The molecule has 0 aliphatic heterocycles. The van der Waals surface area contributed by atoms with Gasteiger partial charge in [0.25, 0.3) is 0 Å². The first-order valence-electron chi connectivity index (χ1n) is 4.71. The Morgan fingerprint density at radius 1 is 1.61 bits per heavy atom. The van der Waals surface area contributed by atoms with Crippen LogP contribution < -0.4 is 10.5 Å². The van der Waals surface area contributed by atoms with Crippen LogP contribution in [0.5, 0.6) is 0 Å². The van der Waals surface area contributed by atoms with Crippen LogP contribution in [0, 0.1) is 0 Å². The molecule has 0 fully saturated rings. The number of carbonyl (C=O) groups excluding carboxylic acids is 1. The molecule has 3 N–H and O–H groups in total. The second kappa shape index (κ2) is 7.27. The Morgan fingerprint density at radius 3 is 2.72 bits per heavy atom. The van der Waals surface area contributed by atoms with E-state index in [0.717, 1.165) is 7.11 Å². The summed E-state index contributed by atoms with van der Waals surface area (Å²) in [5.74, 6) is -0.736. The topological polar surface area (TPSA) is 111 Å². The maximum atomic E-state index is 11.8. The van der Waals surface area contributed by atoms with Crippen LogP contribution in [0.1, 0.15) is 0 Å². The van der Waals surface area contributed by atoms with Gasteiger partial charge < -0.3 is 10.5 Å². The fourth-order valence-electron chi connectivity index (χ4n) is 1.10. The van der Waals surface area contributed by atoms with Crippen LogP contribution >= 0.6 is 12.4 Å². The molecule has 1 heterocycles. The van der Waals surface area contributed by atoms with Gasteiger partial charge in [0.1, 0.15) is 10.9 Å². The van der Waals surface area contributed by atoms with E-state index in [2.05, 4.69) is 14.4 Å². The summed E-state index contributed by atoms with van der Waals surface area (Å²) in [5.41, 5.74) is 5.29. The molecule has 1 rings (SSSR count). The number of nitrogens with two attached hydrogens (primary N) is 1. The van der Waals surface area contributed by atoms with Crippen molar-refractivity contribution in [2.45, 2.75) is 10.9 Å². The molecule has 0 aromatic carbocycles. The molecular formula is C9H14ClN3O4S. The lowest BCUT2D eigenvalue weighted by Gasteiger charge is -2.14. The number of hydrogen-bond donors (Lipinski definition) is 2. The predicted molar refractivity (Wildman–Crippen MR) is 66.7 cm³/mol. The van der Waals surface area contributed by atoms with E-state index in [1.807, 2.05) is 0 Å². The van der Waals surface area contributed by atoms with Crippen LogP contribution in [-0.4, -0.2) is 39.1 Å². The van der Waals surface area contributed by atoms with Gasteiger partial charge >= 0.3 is 5.97 Å². The number of pyridine rings is 1. The highest BCUT2D eigenvalue weighted by molar-refractivity contribution is 7.89. The van der Waals surface area contributed by atoms with Gasteiger partial charge in [0, 0.05) is 18.9 Å². The fourth-order valence-corrected chi connectivity index (χ4v) is 2.26. The fraction of sp³-hybridized carbons (Fsp3) is 0.333. The predicted octanol–water partition coefficient (Wildman–Crippen LogP) is -0.718. The summed E-state index contributed by atoms with van der Waals surface area (Å²) in [6.45, 7) is -0.188. The number of nitrogens with one attached hydrogen (secondary N) is 1. The summed E-state index contributed by atoms with van der Waals surface area (Å²) >= 11 is 0. The zero-order valence-corrected chi connectivity index (χ0v) is 11.2. The Kier molecular flexibility index (Phi) is 6.77. The minimum Gasteiger partial charge on any atom is -0.468 e. The molecule has 7 nitrogen and oxygen atoms in total. The van der Waals surface area contributed by atoms with E-state index in [-0.39, 0.29) is 23.8 Å². The van der Waals surface area contributed by atoms with Gasteiger partial charge in [-0.25, -0.2) is 8.42 Å². The first-order valence-corrected chi connectivity index (χ1v) is 6.20. The van der Waals surface area contributed by atoms with Crippen molar-refractivity contribution < 1.29 is 17.9 Å². The zero-order valence-electron chi connectivity index (χ0n) is 9.57. The molecule has 0 aliphatic carbocycles. The Labute approximate surface area is 111 Å². The Morgan fingerprint density at radius 2 is 2.28 bits per heavy atom. The highest BCUT2D eigenvalue weighted by Crippen LogP contribution is 2.06. The number of carbonyl (C=O) groups is 1. The maximum Gasteiger partial charge on any atom is 0.325 e. The number of hydrogen-bond acceptors (Lipinski definition) is 6. The number of esters is 1. The van der Waals surface area contributed by atoms with E-state index in [1.165, 1.54) is 24.5 Å². The maximum absolute atomic E-state index is 11.8. The minimum absolute atomic E-state index is 0. The zero-order chi connectivity index (χ0) is 12.9. The molecule has 1 aromatic heterocycles. The lowest BCUT2D eigenvalue weighted by atomic mass is 10.3. The van der Waals surface area contributed by atoms with E-state index in [0.29, 0.717) is 0 Å². The highest BCUT2D eigenvalue weighted by atomic mass is 35.5. The molecule has 0 saturated heterocycles. The van der Waals surface area contributed by atoms with Crippen LogP contribution in [0.2, 0.25) is 0 Å². The molecule has 1 aromatic rings. The van der Waals surface area contributed by atoms with Crippen LogP contribution in [0.4, 0.5) is 0 Å². The normalized spacial score (nSPS) is 12.3. The van der Waals surface area contributed by atoms with Gasteiger partial charge in [0.15, 0.2) is 0 Å². The Balaban J connectivity index is 0.00000289. The summed E-state index contributed by atoms with van der Waals surface area (Å²) in [6.07, 6.45) is 2.62. The SMILES string of the molecule is COC(=O)[C@H](CN)NS(=O)(=O)c1cccnc1.Cl. The van der Waals surface area contributed by atoms with Crippen molar-refractivity contribution in [2.75, 3.05) is 13.7 Å². The summed E-state index contributed by atoms with van der Waals surface area (Å²) in [7, 11) is -2.66. The van der Waals surface area contributed by atoms with Crippen molar-refractivity contribution in [3.05, 3.63) is 24.5 Å². The Bertz CT molecular complexity index is 480. The van der Waals surface area contributed by atoms with E-state index >= 15 is 0 Å². The second-order valence-corrected chi connectivity index (χ2v) is 4.84. The average Bonchev–Trinajstić information content (AvgIpc) is 2.36. The van der Waals surface area contributed by atoms with E-state index < -0.39 is 22.0 Å². The third-order valence-electron chi connectivity index (χ3n) is 1.96. The van der Waals surface area contributed by atoms with Crippen LogP contribution in [0.25, 0.3) is 0 Å². The lowest BCUT2D eigenvalue weighted by molar-refractivity contribution is -0.142. The lowest BCUT2D eigenvalue weighted by Crippen LogP contribution is -2.46. The van der Waals surface area contributed by atoms with Gasteiger partial charge in [0.05, 0.1) is 7.11 Å². The van der Waals surface area contributed by atoms with E-state index in [1.54, 1.807) is 0 Å². The second-order valence-electron chi connectivity index (χ2n) is 3.12. The molecule has 0 saturated carbocycles. The molecule has 0 amide bonds. The summed E-state index contributed by atoms with van der Waals surface area (Å²) in [6, 6.07) is 1.73. The van der Waals surface area contributed by atoms with Crippen LogP contribution in [-0.2, 0) is 19.6 Å². The van der Waals surface area contributed by atoms with Crippen LogP contribution in [0.3, 0.4) is 0 Å². The molecular weight excluding hydrogens is 282 g/mol. The number of methoxy groups -OCH3 is 1. The van der Waals surface area contributed by atoms with Gasteiger partial charge in [-0.2, -0.15) is 4.72 Å². The van der Waals surface area contributed by atoms with Gasteiger partial charge in [-0.3, -0.25) is 9.78 Å². The third-order valence-corrected chi connectivity index (χ3v) is 3.42. The summed E-state index contributed by atoms with van der Waals surface area (Å²) < 4.78 is 30.2. The number of nitrogens with zero attached hydrogens (tertiary/aromatic N) is 1. The molecule has 0 aliphatic rings. The number of aromatic nitrogens is 1. The molecule has 1 atom stereocenters. The number of halogens is 1. The van der Waals surface area contributed by atoms with E-state index in [9.17, 15) is 13.2 Å². The number of sulfonamides is 1. The molecule has 102 valence electrons.